The van der Waals surface area contributed by atoms with Gasteiger partial charge in [-0.3, -0.25) is 14.9 Å². The number of nitro benzene ring substituents is 1. The molecule has 7 heteroatoms. The Morgan fingerprint density at radius 1 is 1.53 bits per heavy atom. The lowest BCUT2D eigenvalue weighted by Crippen LogP contribution is -2.28. The number of benzene rings is 1. The average molecular weight is 302 g/mol. The van der Waals surface area contributed by atoms with Gasteiger partial charge >= 0.3 is 0 Å². The molecule has 0 aliphatic carbocycles. The molecule has 0 saturated heterocycles. The van der Waals surface area contributed by atoms with Crippen molar-refractivity contribution in [1.82, 2.24) is 4.90 Å². The summed E-state index contributed by atoms with van der Waals surface area (Å²) in [5.74, 6) is -0.0738. The summed E-state index contributed by atoms with van der Waals surface area (Å²) < 4.78 is 0.554. The quantitative estimate of drug-likeness (QED) is 0.680. The molecule has 1 aromatic carbocycles. The van der Waals surface area contributed by atoms with E-state index >= 15 is 0 Å². The molecule has 1 aromatic rings. The second-order valence-electron chi connectivity index (χ2n) is 3.56. The first kappa shape index (κ1) is 13.4. The van der Waals surface area contributed by atoms with Gasteiger partial charge in [0, 0.05) is 36.4 Å². The molecule has 0 aliphatic heterocycles. The van der Waals surface area contributed by atoms with Gasteiger partial charge in [-0.15, -0.1) is 0 Å². The van der Waals surface area contributed by atoms with E-state index in [2.05, 4.69) is 21.2 Å². The fourth-order valence-corrected chi connectivity index (χ4v) is 1.60. The van der Waals surface area contributed by atoms with Crippen molar-refractivity contribution in [3.05, 3.63) is 32.8 Å². The van der Waals surface area contributed by atoms with Crippen molar-refractivity contribution in [2.24, 2.45) is 0 Å². The Bertz CT molecular complexity index is 448. The summed E-state index contributed by atoms with van der Waals surface area (Å²) in [7, 11) is 3.32. The first-order chi connectivity index (χ1) is 7.91. The topological polar surface area (TPSA) is 75.5 Å². The zero-order valence-electron chi connectivity index (χ0n) is 9.44. The average Bonchev–Trinajstić information content (AvgIpc) is 2.26. The van der Waals surface area contributed by atoms with Crippen LogP contribution in [0.1, 0.15) is 0 Å². The van der Waals surface area contributed by atoms with Gasteiger partial charge in [0.05, 0.1) is 11.5 Å². The second kappa shape index (κ2) is 5.62. The van der Waals surface area contributed by atoms with Crippen molar-refractivity contribution >= 4 is 33.2 Å². The van der Waals surface area contributed by atoms with Crippen molar-refractivity contribution in [2.45, 2.75) is 0 Å². The summed E-state index contributed by atoms with van der Waals surface area (Å²) >= 11 is 3.21. The van der Waals surface area contributed by atoms with E-state index in [1.54, 1.807) is 20.2 Å². The fraction of sp³-hybridized carbons (Fsp3) is 0.300. The number of nitrogens with zero attached hydrogens (tertiary/aromatic N) is 2. The second-order valence-corrected chi connectivity index (χ2v) is 4.42. The normalized spacial score (nSPS) is 9.82. The van der Waals surface area contributed by atoms with Crippen LogP contribution < -0.4 is 5.32 Å². The van der Waals surface area contributed by atoms with E-state index in [0.29, 0.717) is 10.2 Å². The highest BCUT2D eigenvalue weighted by atomic mass is 79.9. The van der Waals surface area contributed by atoms with Crippen molar-refractivity contribution in [3.63, 3.8) is 0 Å². The van der Waals surface area contributed by atoms with E-state index in [1.807, 2.05) is 0 Å². The van der Waals surface area contributed by atoms with Crippen LogP contribution >= 0.6 is 15.9 Å². The highest BCUT2D eigenvalue weighted by molar-refractivity contribution is 9.10. The van der Waals surface area contributed by atoms with Crippen LogP contribution in [0.25, 0.3) is 0 Å². The molecule has 17 heavy (non-hydrogen) atoms. The third kappa shape index (κ3) is 3.70. The standard InChI is InChI=1S/C10H12BrN3O3/c1-13(2)10(15)6-12-9-4-3-7(14(16)17)5-8(9)11/h3-5,12H,6H2,1-2H3. The number of halogens is 1. The predicted octanol–water partition coefficient (Wildman–Crippen LogP) is 1.86. The third-order valence-corrected chi connectivity index (χ3v) is 2.75. The first-order valence-corrected chi connectivity index (χ1v) is 5.59. The SMILES string of the molecule is CN(C)C(=O)CNc1ccc([N+](=O)[O-])cc1Br. The summed E-state index contributed by atoms with van der Waals surface area (Å²) in [5, 5.41) is 13.4. The Morgan fingerprint density at radius 3 is 2.65 bits per heavy atom. The van der Waals surface area contributed by atoms with Gasteiger partial charge in [0.2, 0.25) is 5.91 Å². The zero-order chi connectivity index (χ0) is 13.0. The molecule has 0 saturated carbocycles. The minimum absolute atomic E-state index is 0.00126. The van der Waals surface area contributed by atoms with E-state index in [-0.39, 0.29) is 18.1 Å². The molecule has 92 valence electrons. The van der Waals surface area contributed by atoms with Gasteiger partial charge in [-0.2, -0.15) is 0 Å². The zero-order valence-corrected chi connectivity index (χ0v) is 11.0. The van der Waals surface area contributed by atoms with Crippen LogP contribution in [0.5, 0.6) is 0 Å². The van der Waals surface area contributed by atoms with Gasteiger partial charge < -0.3 is 10.2 Å². The van der Waals surface area contributed by atoms with Crippen LogP contribution in [0.4, 0.5) is 11.4 Å². The Labute approximate surface area is 107 Å². The maximum absolute atomic E-state index is 11.3. The minimum Gasteiger partial charge on any atom is -0.375 e. The lowest BCUT2D eigenvalue weighted by molar-refractivity contribution is -0.384. The largest absolute Gasteiger partial charge is 0.375 e. The van der Waals surface area contributed by atoms with Crippen molar-refractivity contribution in [3.8, 4) is 0 Å². The number of carbonyl (C=O) groups is 1. The summed E-state index contributed by atoms with van der Waals surface area (Å²) in [6.07, 6.45) is 0. The summed E-state index contributed by atoms with van der Waals surface area (Å²) in [6.45, 7) is 0.142. The molecule has 1 rings (SSSR count). The molecule has 0 heterocycles. The number of nitrogens with one attached hydrogen (secondary N) is 1. The fourth-order valence-electron chi connectivity index (χ4n) is 1.09. The van der Waals surface area contributed by atoms with Crippen LogP contribution in [0.15, 0.2) is 22.7 Å². The Hall–Kier alpha value is -1.63. The van der Waals surface area contributed by atoms with Crippen LogP contribution in [0, 0.1) is 10.1 Å². The van der Waals surface area contributed by atoms with Gasteiger partial charge in [-0.05, 0) is 22.0 Å². The van der Waals surface area contributed by atoms with E-state index < -0.39 is 4.92 Å². The molecule has 0 atom stereocenters. The van der Waals surface area contributed by atoms with E-state index in [1.165, 1.54) is 17.0 Å². The van der Waals surface area contributed by atoms with Gasteiger partial charge in [-0.25, -0.2) is 0 Å². The van der Waals surface area contributed by atoms with Crippen molar-refractivity contribution < 1.29 is 9.72 Å². The number of hydrogen-bond donors (Lipinski definition) is 1. The molecular formula is C10H12BrN3O3. The number of anilines is 1. The molecule has 1 N–H and O–H groups in total. The highest BCUT2D eigenvalue weighted by Crippen LogP contribution is 2.26. The molecule has 0 fully saturated rings. The van der Waals surface area contributed by atoms with Crippen LogP contribution in [-0.4, -0.2) is 36.4 Å². The molecule has 0 spiro atoms. The van der Waals surface area contributed by atoms with Crippen molar-refractivity contribution in [1.29, 1.82) is 0 Å². The maximum Gasteiger partial charge on any atom is 0.270 e. The summed E-state index contributed by atoms with van der Waals surface area (Å²) in [5.41, 5.74) is 0.646. The molecular weight excluding hydrogens is 290 g/mol. The number of rotatable bonds is 4. The van der Waals surface area contributed by atoms with Gasteiger partial charge in [0.1, 0.15) is 0 Å². The van der Waals surface area contributed by atoms with Gasteiger partial charge in [-0.1, -0.05) is 0 Å². The Morgan fingerprint density at radius 2 is 2.18 bits per heavy atom. The van der Waals surface area contributed by atoms with Gasteiger partial charge in [0.25, 0.3) is 5.69 Å². The number of hydrogen-bond acceptors (Lipinski definition) is 4. The maximum atomic E-state index is 11.3. The molecule has 1 amide bonds. The monoisotopic (exact) mass is 301 g/mol. The van der Waals surface area contributed by atoms with Crippen LogP contribution in [0.2, 0.25) is 0 Å². The number of carbonyl (C=O) groups excluding carboxylic acids is 1. The summed E-state index contributed by atoms with van der Waals surface area (Å²) in [6, 6.07) is 4.33. The molecule has 0 aromatic heterocycles. The number of nitro groups is 1. The van der Waals surface area contributed by atoms with E-state index in [9.17, 15) is 14.9 Å². The lowest BCUT2D eigenvalue weighted by Gasteiger charge is -2.12. The molecule has 0 radical (unpaired) electrons. The number of non-ortho nitro benzene ring substituents is 1. The van der Waals surface area contributed by atoms with Crippen LogP contribution in [0.3, 0.4) is 0 Å². The predicted molar refractivity (Wildman–Crippen MR) is 68.0 cm³/mol. The molecule has 6 nitrogen and oxygen atoms in total. The Kier molecular flexibility index (Phi) is 4.45. The van der Waals surface area contributed by atoms with Gasteiger partial charge in [0.15, 0.2) is 0 Å². The number of likely N-dealkylation sites (N-methyl/N-ethyl adjacent to an activating group) is 1. The lowest BCUT2D eigenvalue weighted by atomic mass is 10.3. The summed E-state index contributed by atoms with van der Waals surface area (Å²) in [4.78, 5) is 22.9. The van der Waals surface area contributed by atoms with E-state index in [0.717, 1.165) is 0 Å². The highest BCUT2D eigenvalue weighted by Gasteiger charge is 2.10. The first-order valence-electron chi connectivity index (χ1n) is 4.80. The van der Waals surface area contributed by atoms with Crippen molar-refractivity contribution in [2.75, 3.05) is 26.0 Å². The third-order valence-electron chi connectivity index (χ3n) is 2.09. The molecule has 0 bridgehead atoms. The smallest absolute Gasteiger partial charge is 0.270 e. The number of amides is 1. The van der Waals surface area contributed by atoms with E-state index in [4.69, 9.17) is 0 Å². The Balaban J connectivity index is 2.73. The molecule has 0 unspecified atom stereocenters. The minimum atomic E-state index is -0.473. The molecule has 0 aliphatic rings. The van der Waals surface area contributed by atoms with Crippen LogP contribution in [-0.2, 0) is 4.79 Å².